The predicted molar refractivity (Wildman–Crippen MR) is 82.1 cm³/mol. The number of halogens is 3. The van der Waals surface area contributed by atoms with E-state index in [-0.39, 0.29) is 17.4 Å². The number of amides is 2. The molecule has 1 heterocycles. The summed E-state index contributed by atoms with van der Waals surface area (Å²) in [5.74, 6) is 0.0496. The second kappa shape index (κ2) is 8.19. The van der Waals surface area contributed by atoms with E-state index in [1.54, 1.807) is 6.92 Å². The van der Waals surface area contributed by atoms with Crippen LogP contribution in [0.5, 0.6) is 0 Å². The monoisotopic (exact) mass is 339 g/mol. The summed E-state index contributed by atoms with van der Waals surface area (Å²) in [4.78, 5) is 13.1. The molecule has 0 aromatic rings. The van der Waals surface area contributed by atoms with Crippen LogP contribution in [0.4, 0.5) is 18.0 Å². The van der Waals surface area contributed by atoms with Crippen LogP contribution in [0.3, 0.4) is 0 Å². The number of carbonyl (C=O) groups excluding carboxylic acids is 1. The number of carbonyl (C=O) groups is 1. The standard InChI is InChI=1S/C15H28F3N3O2/c1-11(22)6-14(2,3)9-20-13(23)19-7-12-4-5-21(8-12)10-15(16,17)18/h11-12,22H,4-10H2,1-3H3,(H2,19,20,23). The molecule has 0 aromatic heterocycles. The molecule has 2 unspecified atom stereocenters. The lowest BCUT2D eigenvalue weighted by Gasteiger charge is -2.26. The second-order valence-electron chi connectivity index (χ2n) is 7.29. The molecule has 5 nitrogen and oxygen atoms in total. The van der Waals surface area contributed by atoms with E-state index in [4.69, 9.17) is 0 Å². The summed E-state index contributed by atoms with van der Waals surface area (Å²) in [5, 5.41) is 14.9. The van der Waals surface area contributed by atoms with E-state index in [1.165, 1.54) is 4.90 Å². The summed E-state index contributed by atoms with van der Waals surface area (Å²) in [5.41, 5.74) is -0.220. The van der Waals surface area contributed by atoms with Gasteiger partial charge in [0, 0.05) is 19.6 Å². The Morgan fingerprint density at radius 3 is 2.57 bits per heavy atom. The number of alkyl halides is 3. The average molecular weight is 339 g/mol. The molecule has 2 amide bonds. The maximum Gasteiger partial charge on any atom is 0.401 e. The molecule has 3 N–H and O–H groups in total. The van der Waals surface area contributed by atoms with Crippen LogP contribution >= 0.6 is 0 Å². The Morgan fingerprint density at radius 2 is 2.00 bits per heavy atom. The Morgan fingerprint density at radius 1 is 1.35 bits per heavy atom. The predicted octanol–water partition coefficient (Wildman–Crippen LogP) is 1.97. The number of nitrogens with zero attached hydrogens (tertiary/aromatic N) is 1. The molecule has 2 atom stereocenters. The van der Waals surface area contributed by atoms with Gasteiger partial charge in [-0.1, -0.05) is 13.8 Å². The fourth-order valence-corrected chi connectivity index (χ4v) is 2.97. The number of rotatable bonds is 7. The summed E-state index contributed by atoms with van der Waals surface area (Å²) in [6.45, 7) is 6.28. The molecular formula is C15H28F3N3O2. The van der Waals surface area contributed by atoms with Crippen molar-refractivity contribution >= 4 is 6.03 Å². The van der Waals surface area contributed by atoms with Crippen molar-refractivity contribution in [3.05, 3.63) is 0 Å². The number of nitrogens with one attached hydrogen (secondary N) is 2. The Hall–Kier alpha value is -1.02. The fourth-order valence-electron chi connectivity index (χ4n) is 2.97. The number of aliphatic hydroxyl groups is 1. The smallest absolute Gasteiger partial charge is 0.393 e. The van der Waals surface area contributed by atoms with Gasteiger partial charge in [0.15, 0.2) is 0 Å². The third-order valence-corrected chi connectivity index (χ3v) is 3.90. The van der Waals surface area contributed by atoms with E-state index in [0.717, 1.165) is 0 Å². The van der Waals surface area contributed by atoms with E-state index in [1.807, 2.05) is 13.8 Å². The van der Waals surface area contributed by atoms with E-state index in [2.05, 4.69) is 10.6 Å². The molecule has 1 saturated heterocycles. The molecule has 136 valence electrons. The first-order chi connectivity index (χ1) is 10.5. The van der Waals surface area contributed by atoms with Gasteiger partial charge in [0.1, 0.15) is 0 Å². The van der Waals surface area contributed by atoms with Crippen molar-refractivity contribution in [3.63, 3.8) is 0 Å². The zero-order chi connectivity index (χ0) is 17.7. The topological polar surface area (TPSA) is 64.6 Å². The van der Waals surface area contributed by atoms with Crippen LogP contribution in [0.25, 0.3) is 0 Å². The van der Waals surface area contributed by atoms with E-state index < -0.39 is 18.8 Å². The highest BCUT2D eigenvalue weighted by Gasteiger charge is 2.34. The van der Waals surface area contributed by atoms with Crippen molar-refractivity contribution in [1.29, 1.82) is 0 Å². The zero-order valence-electron chi connectivity index (χ0n) is 14.0. The molecule has 1 aliphatic rings. The largest absolute Gasteiger partial charge is 0.401 e. The van der Waals surface area contributed by atoms with Gasteiger partial charge in [-0.15, -0.1) is 0 Å². The lowest BCUT2D eigenvalue weighted by Crippen LogP contribution is -2.43. The second-order valence-corrected chi connectivity index (χ2v) is 7.29. The van der Waals surface area contributed by atoms with Crippen LogP contribution in [-0.4, -0.2) is 61.0 Å². The van der Waals surface area contributed by atoms with Crippen LogP contribution in [0.15, 0.2) is 0 Å². The fraction of sp³-hybridized carbons (Fsp3) is 0.933. The molecule has 0 aromatic carbocycles. The van der Waals surface area contributed by atoms with Crippen LogP contribution in [0.1, 0.15) is 33.6 Å². The highest BCUT2D eigenvalue weighted by atomic mass is 19.4. The molecular weight excluding hydrogens is 311 g/mol. The van der Waals surface area contributed by atoms with E-state index in [0.29, 0.717) is 39.0 Å². The number of hydrogen-bond acceptors (Lipinski definition) is 3. The molecule has 0 bridgehead atoms. The molecule has 8 heteroatoms. The lowest BCUT2D eigenvalue weighted by molar-refractivity contribution is -0.143. The maximum atomic E-state index is 12.3. The first-order valence-corrected chi connectivity index (χ1v) is 7.96. The molecule has 1 fully saturated rings. The molecule has 1 rings (SSSR count). The normalized spacial score (nSPS) is 21.3. The van der Waals surface area contributed by atoms with Gasteiger partial charge in [-0.3, -0.25) is 4.90 Å². The van der Waals surface area contributed by atoms with Crippen molar-refractivity contribution in [2.45, 2.75) is 45.9 Å². The SMILES string of the molecule is CC(O)CC(C)(C)CNC(=O)NCC1CCN(CC(F)(F)F)C1. The minimum atomic E-state index is -4.17. The highest BCUT2D eigenvalue weighted by molar-refractivity contribution is 5.73. The van der Waals surface area contributed by atoms with Gasteiger partial charge in [-0.05, 0) is 37.6 Å². The quantitative estimate of drug-likeness (QED) is 0.664. The molecule has 23 heavy (non-hydrogen) atoms. The highest BCUT2D eigenvalue weighted by Crippen LogP contribution is 2.22. The number of likely N-dealkylation sites (tertiary alicyclic amines) is 1. The van der Waals surface area contributed by atoms with Gasteiger partial charge in [0.05, 0.1) is 12.6 Å². The Labute approximate surface area is 135 Å². The third kappa shape index (κ3) is 9.00. The first kappa shape index (κ1) is 20.0. The summed E-state index contributed by atoms with van der Waals surface area (Å²) in [6, 6.07) is -0.321. The van der Waals surface area contributed by atoms with Crippen molar-refractivity contribution in [3.8, 4) is 0 Å². The zero-order valence-corrected chi connectivity index (χ0v) is 14.0. The Bertz CT molecular complexity index is 387. The molecule has 0 saturated carbocycles. The van der Waals surface area contributed by atoms with Gasteiger partial charge in [0.25, 0.3) is 0 Å². The average Bonchev–Trinajstić information content (AvgIpc) is 2.77. The maximum absolute atomic E-state index is 12.3. The number of urea groups is 1. The van der Waals surface area contributed by atoms with Crippen molar-refractivity contribution in [2.24, 2.45) is 11.3 Å². The molecule has 1 aliphatic heterocycles. The van der Waals surface area contributed by atoms with Crippen molar-refractivity contribution in [2.75, 3.05) is 32.7 Å². The summed E-state index contributed by atoms with van der Waals surface area (Å²) < 4.78 is 36.9. The third-order valence-electron chi connectivity index (χ3n) is 3.90. The number of aliphatic hydroxyl groups excluding tert-OH is 1. The Kier molecular flexibility index (Phi) is 7.13. The van der Waals surface area contributed by atoms with Crippen molar-refractivity contribution in [1.82, 2.24) is 15.5 Å². The van der Waals surface area contributed by atoms with Crippen LogP contribution in [0.2, 0.25) is 0 Å². The van der Waals surface area contributed by atoms with Crippen LogP contribution in [-0.2, 0) is 0 Å². The van der Waals surface area contributed by atoms with Crippen LogP contribution < -0.4 is 10.6 Å². The van der Waals surface area contributed by atoms with Crippen LogP contribution in [0, 0.1) is 11.3 Å². The molecule has 0 spiro atoms. The summed E-state index contributed by atoms with van der Waals surface area (Å²) in [7, 11) is 0. The lowest BCUT2D eigenvalue weighted by atomic mass is 9.87. The van der Waals surface area contributed by atoms with E-state index >= 15 is 0 Å². The van der Waals surface area contributed by atoms with Gasteiger partial charge in [-0.25, -0.2) is 4.79 Å². The van der Waals surface area contributed by atoms with Gasteiger partial charge in [-0.2, -0.15) is 13.2 Å². The number of hydrogen-bond donors (Lipinski definition) is 3. The minimum absolute atomic E-state index is 0.0496. The summed E-state index contributed by atoms with van der Waals surface area (Å²) >= 11 is 0. The molecule has 0 aliphatic carbocycles. The summed E-state index contributed by atoms with van der Waals surface area (Å²) in [6.07, 6.45) is -3.38. The Balaban J connectivity index is 2.22. The van der Waals surface area contributed by atoms with E-state index in [9.17, 15) is 23.1 Å². The van der Waals surface area contributed by atoms with Gasteiger partial charge < -0.3 is 15.7 Å². The minimum Gasteiger partial charge on any atom is -0.393 e. The van der Waals surface area contributed by atoms with Gasteiger partial charge in [0.2, 0.25) is 0 Å². The first-order valence-electron chi connectivity index (χ1n) is 7.96. The van der Waals surface area contributed by atoms with Crippen molar-refractivity contribution < 1.29 is 23.1 Å². The molecule has 0 radical (unpaired) electrons. The van der Waals surface area contributed by atoms with Gasteiger partial charge >= 0.3 is 12.2 Å².